The number of rotatable bonds is 16. The number of fused-ring (bicyclic) bond motifs is 3. The van der Waals surface area contributed by atoms with Crippen LogP contribution in [0.15, 0.2) is 42.0 Å². The molecule has 0 aliphatic carbocycles. The number of ether oxygens (including phenoxy) is 6. The summed E-state index contributed by atoms with van der Waals surface area (Å²) in [5.41, 5.74) is 12.9. The SMILES string of the molecule is CC1(C)O[C@@H]2[C@H](O1)[C@@H](COP(=O)(O)OP(=O)(O)OC[C@H]1O[C@@H](c3nc(C(N)=O)cs3)[C@@H]3OC(C)(C)O[C@@H]31)O[C@H]2n1cnc2c(N)nc(Nc3ccccc3)nc21.CCN(CC)CC. The second-order valence-electron chi connectivity index (χ2n) is 15.7. The zero-order valence-corrected chi connectivity index (χ0v) is 38.2. The number of nitrogen functional groups attached to an aromatic ring is 1. The Morgan fingerprint density at radius 3 is 2.02 bits per heavy atom. The molecule has 3 aromatic heterocycles. The lowest BCUT2D eigenvalue weighted by molar-refractivity contribution is -0.199. The molecule has 23 nitrogen and oxygen atoms in total. The number of primary amides is 1. The molecule has 4 aliphatic heterocycles. The first-order valence-corrected chi connectivity index (χ1v) is 24.1. The van der Waals surface area contributed by atoms with E-state index in [0.29, 0.717) is 16.2 Å². The van der Waals surface area contributed by atoms with Crippen LogP contribution in [0.2, 0.25) is 0 Å². The van der Waals surface area contributed by atoms with E-state index in [9.17, 15) is 23.7 Å². The van der Waals surface area contributed by atoms with Crippen molar-refractivity contribution in [3.8, 4) is 0 Å². The van der Waals surface area contributed by atoms with Crippen LogP contribution in [0.5, 0.6) is 0 Å². The number of nitrogens with two attached hydrogens (primary N) is 2. The molecule has 0 radical (unpaired) electrons. The number of anilines is 3. The lowest BCUT2D eigenvalue weighted by Crippen LogP contribution is -2.33. The van der Waals surface area contributed by atoms with E-state index in [2.05, 4.69) is 55.2 Å². The Morgan fingerprint density at radius 1 is 0.873 bits per heavy atom. The summed E-state index contributed by atoms with van der Waals surface area (Å²) in [5, 5.41) is 4.92. The van der Waals surface area contributed by atoms with Gasteiger partial charge in [0, 0.05) is 11.1 Å². The molecular formula is C37H53N9O14P2S. The number of hydrogen-bond acceptors (Lipinski definition) is 20. The standard InChI is InChI=1S/C31H38N8O14P2S.C6H15N/c1-30(2)49-19-16(47-22(21(19)51-30)27-36-15(12-56-27)25(33)40)10-45-54(41,42)53-55(43,44)46-11-17-20-23(52-31(3,4)50-20)28(48-17)39-13-34-18-24(32)37-29(38-26(18)39)35-14-8-6-5-7-9-14;1-4-7(5-2)6-3/h5-9,12-13,16-17,19-23,28H,10-11H2,1-4H3,(H2,33,40)(H,41,42)(H,43,44)(H3,32,35,37,38);4-6H2,1-3H3/t16-,17-,19-,20-,21-,22-,23-,28-;/m1./s1. The summed E-state index contributed by atoms with van der Waals surface area (Å²) in [7, 11) is -10.6. The number of amides is 1. The van der Waals surface area contributed by atoms with Crippen molar-refractivity contribution in [1.29, 1.82) is 0 Å². The molecule has 1 aromatic carbocycles. The highest BCUT2D eigenvalue weighted by Gasteiger charge is 2.58. The minimum Gasteiger partial charge on any atom is -0.382 e. The average Bonchev–Trinajstić information content (AvgIpc) is 4.06. The summed E-state index contributed by atoms with van der Waals surface area (Å²) < 4.78 is 79.0. The summed E-state index contributed by atoms with van der Waals surface area (Å²) in [5.74, 6) is -2.59. The van der Waals surface area contributed by atoms with Gasteiger partial charge in [-0.1, -0.05) is 39.0 Å². The van der Waals surface area contributed by atoms with Crippen LogP contribution in [-0.4, -0.2) is 126 Å². The predicted octanol–water partition coefficient (Wildman–Crippen LogP) is 4.38. The maximum absolute atomic E-state index is 13.1. The Morgan fingerprint density at radius 2 is 1.44 bits per heavy atom. The number of benzene rings is 1. The molecule has 8 rings (SSSR count). The maximum atomic E-state index is 13.1. The largest absolute Gasteiger partial charge is 0.481 e. The van der Waals surface area contributed by atoms with E-state index in [1.165, 1.54) is 31.3 Å². The first kappa shape index (κ1) is 47.4. The molecule has 7 heterocycles. The van der Waals surface area contributed by atoms with Crippen molar-refractivity contribution in [2.24, 2.45) is 5.73 Å². The van der Waals surface area contributed by atoms with Gasteiger partial charge in [-0.3, -0.25) is 18.4 Å². The van der Waals surface area contributed by atoms with Crippen LogP contribution in [0.4, 0.5) is 17.5 Å². The zero-order valence-electron chi connectivity index (χ0n) is 35.6. The number of imidazole rings is 1. The van der Waals surface area contributed by atoms with Crippen LogP contribution in [0, 0.1) is 0 Å². The third-order valence-corrected chi connectivity index (χ3v) is 13.9. The molecule has 4 saturated heterocycles. The van der Waals surface area contributed by atoms with Gasteiger partial charge in [-0.15, -0.1) is 11.3 Å². The first-order chi connectivity index (χ1) is 29.7. The highest BCUT2D eigenvalue weighted by molar-refractivity contribution is 7.61. The Labute approximate surface area is 366 Å². The van der Waals surface area contributed by atoms with Gasteiger partial charge in [-0.05, 0) is 59.5 Å². The Bertz CT molecular complexity index is 2330. The number of phosphoric acid groups is 2. The molecule has 4 aliphatic rings. The molecule has 4 fully saturated rings. The van der Waals surface area contributed by atoms with Gasteiger partial charge >= 0.3 is 15.6 Å². The molecule has 2 unspecified atom stereocenters. The van der Waals surface area contributed by atoms with Crippen LogP contribution >= 0.6 is 27.0 Å². The minimum absolute atomic E-state index is 0.0281. The highest BCUT2D eigenvalue weighted by Crippen LogP contribution is 2.61. The van der Waals surface area contributed by atoms with Gasteiger partial charge in [0.15, 0.2) is 29.3 Å². The molecule has 0 saturated carbocycles. The number of nitrogens with one attached hydrogen (secondary N) is 1. The second kappa shape index (κ2) is 18.7. The van der Waals surface area contributed by atoms with Gasteiger partial charge in [0.25, 0.3) is 5.91 Å². The van der Waals surface area contributed by atoms with E-state index in [4.69, 9.17) is 48.9 Å². The molecule has 63 heavy (non-hydrogen) atoms. The lowest BCUT2D eigenvalue weighted by Gasteiger charge is -2.25. The van der Waals surface area contributed by atoms with E-state index in [1.807, 2.05) is 30.3 Å². The van der Waals surface area contributed by atoms with Crippen molar-refractivity contribution < 1.29 is 65.5 Å². The quantitative estimate of drug-likeness (QED) is 0.0973. The molecule has 1 amide bonds. The fourth-order valence-electron chi connectivity index (χ4n) is 7.58. The highest BCUT2D eigenvalue weighted by atomic mass is 32.1. The molecule has 0 bridgehead atoms. The molecular weight excluding hydrogens is 888 g/mol. The Balaban J connectivity index is 0.000000785. The van der Waals surface area contributed by atoms with Crippen LogP contribution in [0.1, 0.15) is 76.3 Å². The van der Waals surface area contributed by atoms with Crippen molar-refractivity contribution >= 4 is 61.5 Å². The lowest BCUT2D eigenvalue weighted by atomic mass is 10.1. The smallest absolute Gasteiger partial charge is 0.382 e. The van der Waals surface area contributed by atoms with E-state index >= 15 is 0 Å². The fraction of sp³-hybridized carbons (Fsp3) is 0.595. The Kier molecular flexibility index (Phi) is 14.1. The summed E-state index contributed by atoms with van der Waals surface area (Å²) >= 11 is 1.11. The van der Waals surface area contributed by atoms with E-state index in [-0.39, 0.29) is 17.5 Å². The van der Waals surface area contributed by atoms with E-state index < -0.39 is 95.3 Å². The topological polar surface area (TPSA) is 299 Å². The predicted molar refractivity (Wildman–Crippen MR) is 225 cm³/mol. The first-order valence-electron chi connectivity index (χ1n) is 20.2. The van der Waals surface area contributed by atoms with E-state index in [1.54, 1.807) is 32.3 Å². The number of phosphoric ester groups is 2. The normalized spacial score (nSPS) is 28.9. The summed E-state index contributed by atoms with van der Waals surface area (Å²) in [6.07, 6.45) is -5.61. The van der Waals surface area contributed by atoms with Crippen molar-refractivity contribution in [3.05, 3.63) is 52.7 Å². The van der Waals surface area contributed by atoms with Crippen LogP contribution in [0.25, 0.3) is 11.2 Å². The van der Waals surface area contributed by atoms with Gasteiger partial charge in [0.05, 0.1) is 19.5 Å². The molecule has 346 valence electrons. The van der Waals surface area contributed by atoms with Gasteiger partial charge in [0.1, 0.15) is 58.9 Å². The molecule has 26 heteroatoms. The molecule has 10 atom stereocenters. The maximum Gasteiger partial charge on any atom is 0.481 e. The van der Waals surface area contributed by atoms with Gasteiger partial charge in [-0.25, -0.2) is 19.1 Å². The van der Waals surface area contributed by atoms with E-state index in [0.717, 1.165) is 17.0 Å². The third kappa shape index (κ3) is 10.9. The number of carbonyl (C=O) groups is 1. The van der Waals surface area contributed by atoms with Crippen molar-refractivity contribution in [2.75, 3.05) is 43.9 Å². The number of thiazole rings is 1. The van der Waals surface area contributed by atoms with Gasteiger partial charge in [-0.2, -0.15) is 14.3 Å². The number of carbonyl (C=O) groups excluding carboxylic acids is 1. The fourth-order valence-corrected chi connectivity index (χ4v) is 10.5. The number of para-hydroxylation sites is 1. The molecule has 0 spiro atoms. The van der Waals surface area contributed by atoms with Crippen LogP contribution < -0.4 is 16.8 Å². The second-order valence-corrected chi connectivity index (χ2v) is 19.6. The average molecular weight is 942 g/mol. The van der Waals surface area contributed by atoms with Crippen LogP contribution in [-0.2, 0) is 50.9 Å². The summed E-state index contributed by atoms with van der Waals surface area (Å²) in [4.78, 5) is 52.6. The van der Waals surface area contributed by atoms with Crippen molar-refractivity contribution in [2.45, 2.75) is 109 Å². The number of nitrogens with zero attached hydrogens (tertiary/aromatic N) is 6. The monoisotopic (exact) mass is 941 g/mol. The molecule has 7 N–H and O–H groups in total. The summed E-state index contributed by atoms with van der Waals surface area (Å²) in [6.45, 7) is 15.6. The van der Waals surface area contributed by atoms with Crippen molar-refractivity contribution in [1.82, 2.24) is 29.4 Å². The van der Waals surface area contributed by atoms with Gasteiger partial charge in [0.2, 0.25) is 5.95 Å². The zero-order chi connectivity index (χ0) is 45.5. The third-order valence-electron chi connectivity index (χ3n) is 10.4. The number of hydrogen-bond donors (Lipinski definition) is 5. The van der Waals surface area contributed by atoms with Gasteiger partial charge < -0.3 is 59.9 Å². The number of aromatic nitrogens is 5. The minimum atomic E-state index is -5.30. The molecule has 4 aromatic rings. The van der Waals surface area contributed by atoms with Crippen molar-refractivity contribution in [3.63, 3.8) is 0 Å². The summed E-state index contributed by atoms with van der Waals surface area (Å²) in [6, 6.07) is 9.21. The Hall–Kier alpha value is -3.55. The van der Waals surface area contributed by atoms with Crippen LogP contribution in [0.3, 0.4) is 0 Å².